The molecule has 9 nitrogen and oxygen atoms in total. The molecule has 0 heterocycles. The van der Waals surface area contributed by atoms with E-state index in [-0.39, 0.29) is 26.1 Å². The van der Waals surface area contributed by atoms with Crippen molar-refractivity contribution in [1.29, 1.82) is 0 Å². The summed E-state index contributed by atoms with van der Waals surface area (Å²) in [4.78, 5) is 37.3. The van der Waals surface area contributed by atoms with E-state index in [4.69, 9.17) is 18.5 Å². The number of allylic oxidation sites excluding steroid dienone is 2. The van der Waals surface area contributed by atoms with E-state index in [0.29, 0.717) is 17.4 Å². The molecule has 0 aromatic rings. The van der Waals surface area contributed by atoms with Crippen LogP contribution in [0.25, 0.3) is 0 Å². The van der Waals surface area contributed by atoms with Crippen molar-refractivity contribution in [2.45, 2.75) is 174 Å². The quantitative estimate of drug-likeness (QED) is 0.0211. The lowest BCUT2D eigenvalue weighted by molar-refractivity contribution is -0.870. The van der Waals surface area contributed by atoms with Crippen LogP contribution < -0.4 is 4.89 Å². The molecule has 2 atom stereocenters. The summed E-state index contributed by atoms with van der Waals surface area (Å²) in [6.45, 7) is 4.18. The third-order valence-corrected chi connectivity index (χ3v) is 9.25. The number of phosphoric acid groups is 1. The predicted octanol–water partition coefficient (Wildman–Crippen LogP) is 9.61. The summed E-state index contributed by atoms with van der Waals surface area (Å²) in [5, 5.41) is 0. The molecule has 0 spiro atoms. The first kappa shape index (κ1) is 46.8. The van der Waals surface area contributed by atoms with Gasteiger partial charge in [0.05, 0.1) is 27.7 Å². The van der Waals surface area contributed by atoms with Gasteiger partial charge in [-0.15, -0.1) is 0 Å². The van der Waals surface area contributed by atoms with Crippen LogP contribution >= 0.6 is 7.82 Å². The van der Waals surface area contributed by atoms with Crippen molar-refractivity contribution in [2.75, 3.05) is 47.5 Å². The van der Waals surface area contributed by atoms with E-state index >= 15 is 0 Å². The molecule has 0 aliphatic carbocycles. The second-order valence-electron chi connectivity index (χ2n) is 14.3. The number of quaternary nitrogens is 1. The van der Waals surface area contributed by atoms with Crippen molar-refractivity contribution in [3.8, 4) is 0 Å². The van der Waals surface area contributed by atoms with Crippen LogP contribution in [0.5, 0.6) is 0 Å². The van der Waals surface area contributed by atoms with Crippen LogP contribution in [0.15, 0.2) is 12.2 Å². The number of carbonyl (C=O) groups is 2. The van der Waals surface area contributed by atoms with Gasteiger partial charge in [0.1, 0.15) is 19.8 Å². The molecule has 0 aliphatic heterocycles. The van der Waals surface area contributed by atoms with Crippen LogP contribution in [0.2, 0.25) is 0 Å². The lowest BCUT2D eigenvalue weighted by Crippen LogP contribution is -2.37. The zero-order valence-corrected chi connectivity index (χ0v) is 32.6. The van der Waals surface area contributed by atoms with Gasteiger partial charge in [0.2, 0.25) is 0 Å². The smallest absolute Gasteiger partial charge is 0.306 e. The highest BCUT2D eigenvalue weighted by molar-refractivity contribution is 7.45. The van der Waals surface area contributed by atoms with Crippen LogP contribution in [0.3, 0.4) is 0 Å². The number of phosphoric ester groups is 1. The van der Waals surface area contributed by atoms with Crippen molar-refractivity contribution < 1.29 is 42.1 Å². The number of unbranched alkanes of at least 4 members (excludes halogenated alkanes) is 19. The maximum Gasteiger partial charge on any atom is 0.306 e. The zero-order chi connectivity index (χ0) is 35.8. The van der Waals surface area contributed by atoms with Crippen LogP contribution in [0, 0.1) is 0 Å². The summed E-state index contributed by atoms with van der Waals surface area (Å²) in [7, 11) is 1.17. The van der Waals surface area contributed by atoms with Gasteiger partial charge in [0, 0.05) is 12.8 Å². The number of esters is 2. The van der Waals surface area contributed by atoms with E-state index < -0.39 is 32.5 Å². The molecule has 284 valence electrons. The van der Waals surface area contributed by atoms with Crippen LogP contribution in [-0.4, -0.2) is 70.0 Å². The number of hydrogen-bond donors (Lipinski definition) is 0. The van der Waals surface area contributed by atoms with Gasteiger partial charge in [-0.05, 0) is 38.5 Å². The van der Waals surface area contributed by atoms with Crippen LogP contribution in [-0.2, 0) is 32.7 Å². The molecule has 0 radical (unpaired) electrons. The molecule has 0 bridgehead atoms. The Balaban J connectivity index is 4.44. The van der Waals surface area contributed by atoms with Gasteiger partial charge < -0.3 is 27.9 Å². The van der Waals surface area contributed by atoms with Crippen molar-refractivity contribution >= 4 is 19.8 Å². The number of ether oxygens (including phenoxy) is 2. The van der Waals surface area contributed by atoms with E-state index in [9.17, 15) is 19.0 Å². The van der Waals surface area contributed by atoms with E-state index in [1.54, 1.807) is 0 Å². The van der Waals surface area contributed by atoms with E-state index in [0.717, 1.165) is 51.4 Å². The highest BCUT2D eigenvalue weighted by Gasteiger charge is 2.21. The average molecular weight is 704 g/mol. The molecule has 0 N–H and O–H groups in total. The lowest BCUT2D eigenvalue weighted by atomic mass is 10.0. The molecule has 0 aromatic heterocycles. The molecule has 0 saturated carbocycles. The average Bonchev–Trinajstić information content (AvgIpc) is 3.02. The minimum Gasteiger partial charge on any atom is -0.756 e. The van der Waals surface area contributed by atoms with E-state index in [1.807, 2.05) is 21.1 Å². The van der Waals surface area contributed by atoms with Crippen LogP contribution in [0.1, 0.15) is 168 Å². The summed E-state index contributed by atoms with van der Waals surface area (Å²) >= 11 is 0. The minimum absolute atomic E-state index is 0.0293. The first-order chi connectivity index (χ1) is 23.0. The van der Waals surface area contributed by atoms with Gasteiger partial charge in [-0.25, -0.2) is 0 Å². The van der Waals surface area contributed by atoms with Crippen molar-refractivity contribution in [2.24, 2.45) is 0 Å². The number of hydrogen-bond acceptors (Lipinski definition) is 8. The van der Waals surface area contributed by atoms with Gasteiger partial charge in [-0.2, -0.15) is 0 Å². The molecule has 48 heavy (non-hydrogen) atoms. The second kappa shape index (κ2) is 31.7. The Bertz CT molecular complexity index is 845. The Kier molecular flexibility index (Phi) is 30.9. The molecule has 1 unspecified atom stereocenters. The molecule has 0 aliphatic rings. The minimum atomic E-state index is -4.61. The molecule has 0 fully saturated rings. The van der Waals surface area contributed by atoms with E-state index in [1.165, 1.54) is 83.5 Å². The first-order valence-corrected chi connectivity index (χ1v) is 20.9. The largest absolute Gasteiger partial charge is 0.756 e. The highest BCUT2D eigenvalue weighted by atomic mass is 31.2. The Morgan fingerprint density at radius 3 is 1.58 bits per heavy atom. The first-order valence-electron chi connectivity index (χ1n) is 19.4. The van der Waals surface area contributed by atoms with Gasteiger partial charge in [0.15, 0.2) is 6.10 Å². The molecule has 0 aromatic carbocycles. The SMILES string of the molecule is CCCCC/C=C/CCCCCCCC(=O)OC[C@H](COP(=O)([O-])OCC[N+](C)(C)C)OC(=O)CCCCCCCCCCCCCC. The topological polar surface area (TPSA) is 111 Å². The lowest BCUT2D eigenvalue weighted by Gasteiger charge is -2.28. The normalized spacial score (nSPS) is 13.9. The molecule has 0 rings (SSSR count). The van der Waals surface area contributed by atoms with Gasteiger partial charge in [0.25, 0.3) is 7.82 Å². The van der Waals surface area contributed by atoms with E-state index in [2.05, 4.69) is 26.0 Å². The third kappa shape index (κ3) is 34.6. The molecule has 0 saturated heterocycles. The summed E-state index contributed by atoms with van der Waals surface area (Å²) in [5.74, 6) is -0.842. The fourth-order valence-electron chi connectivity index (χ4n) is 5.18. The Labute approximate surface area is 295 Å². The zero-order valence-electron chi connectivity index (χ0n) is 31.7. The molecule has 10 heteroatoms. The fraction of sp³-hybridized carbons (Fsp3) is 0.895. The van der Waals surface area contributed by atoms with Crippen molar-refractivity contribution in [3.05, 3.63) is 12.2 Å². The second-order valence-corrected chi connectivity index (χ2v) is 15.7. The predicted molar refractivity (Wildman–Crippen MR) is 195 cm³/mol. The number of nitrogens with zero attached hydrogens (tertiary/aromatic N) is 1. The van der Waals surface area contributed by atoms with Crippen molar-refractivity contribution in [3.63, 3.8) is 0 Å². The Morgan fingerprint density at radius 2 is 1.06 bits per heavy atom. The summed E-state index contributed by atoms with van der Waals surface area (Å²) in [6.07, 6.45) is 29.5. The number of likely N-dealkylation sites (N-methyl/N-ethyl adjacent to an activating group) is 1. The van der Waals surface area contributed by atoms with Crippen LogP contribution in [0.4, 0.5) is 0 Å². The Hall–Kier alpha value is -1.25. The van der Waals surface area contributed by atoms with Gasteiger partial charge in [-0.3, -0.25) is 14.2 Å². The molecular weight excluding hydrogens is 629 g/mol. The summed E-state index contributed by atoms with van der Waals surface area (Å²) in [6, 6.07) is 0. The maximum atomic E-state index is 12.6. The summed E-state index contributed by atoms with van der Waals surface area (Å²) in [5.41, 5.74) is 0. The van der Waals surface area contributed by atoms with Gasteiger partial charge >= 0.3 is 11.9 Å². The fourth-order valence-corrected chi connectivity index (χ4v) is 5.91. The standard InChI is InChI=1S/C38H74NO8P/c1-6-8-10-12-14-16-18-20-22-24-26-28-30-37(40)44-34-36(35-46-48(42,43)45-33-32-39(3,4)5)47-38(41)31-29-27-25-23-21-19-17-15-13-11-9-7-2/h14,16,36H,6-13,15,17-35H2,1-5H3/b16-14+/t36-/m1/s1. The molecular formula is C38H74NO8P. The Morgan fingerprint density at radius 1 is 0.625 bits per heavy atom. The number of rotatable bonds is 35. The summed E-state index contributed by atoms with van der Waals surface area (Å²) < 4.78 is 33.7. The number of carbonyl (C=O) groups excluding carboxylic acids is 2. The third-order valence-electron chi connectivity index (χ3n) is 8.29. The van der Waals surface area contributed by atoms with Gasteiger partial charge in [-0.1, -0.05) is 129 Å². The molecule has 0 amide bonds. The van der Waals surface area contributed by atoms with Crippen molar-refractivity contribution in [1.82, 2.24) is 0 Å². The monoisotopic (exact) mass is 704 g/mol. The maximum absolute atomic E-state index is 12.6. The highest BCUT2D eigenvalue weighted by Crippen LogP contribution is 2.38.